The van der Waals surface area contributed by atoms with E-state index in [9.17, 15) is 9.90 Å². The molecule has 1 heterocycles. The van der Waals surface area contributed by atoms with Gasteiger partial charge in [-0.25, -0.2) is 14.8 Å². The van der Waals surface area contributed by atoms with E-state index < -0.39 is 11.6 Å². The highest BCUT2D eigenvalue weighted by atomic mass is 16.5. The van der Waals surface area contributed by atoms with E-state index >= 15 is 0 Å². The molecule has 0 aliphatic carbocycles. The first-order valence-corrected chi connectivity index (χ1v) is 5.85. The molecule has 6 nitrogen and oxygen atoms in total. The number of hydrogen-bond acceptors (Lipinski definition) is 6. The summed E-state index contributed by atoms with van der Waals surface area (Å²) in [4.78, 5) is 19.1. The first kappa shape index (κ1) is 14.4. The van der Waals surface area contributed by atoms with E-state index in [1.54, 1.807) is 6.92 Å². The SMILES string of the molecule is CCCC(C)(O)CNc1cnc(C(=O)OC)cn1. The fraction of sp³-hybridized carbons (Fsp3) is 0.583. The van der Waals surface area contributed by atoms with Crippen molar-refractivity contribution in [1.82, 2.24) is 9.97 Å². The highest BCUT2D eigenvalue weighted by molar-refractivity contribution is 5.86. The Balaban J connectivity index is 2.56. The van der Waals surface area contributed by atoms with Crippen LogP contribution in [0.4, 0.5) is 5.82 Å². The van der Waals surface area contributed by atoms with Crippen molar-refractivity contribution >= 4 is 11.8 Å². The summed E-state index contributed by atoms with van der Waals surface area (Å²) >= 11 is 0. The summed E-state index contributed by atoms with van der Waals surface area (Å²) in [5.41, 5.74) is -0.624. The smallest absolute Gasteiger partial charge is 0.358 e. The number of nitrogens with zero attached hydrogens (tertiary/aromatic N) is 2. The molecule has 1 unspecified atom stereocenters. The second-order valence-electron chi connectivity index (χ2n) is 4.38. The standard InChI is InChI=1S/C12H19N3O3/c1-4-5-12(2,17)8-15-10-7-13-9(6-14-10)11(16)18-3/h6-7,17H,4-5,8H2,1-3H3,(H,14,15). The topological polar surface area (TPSA) is 84.3 Å². The number of aliphatic hydroxyl groups is 1. The van der Waals surface area contributed by atoms with Crippen molar-refractivity contribution in [3.05, 3.63) is 18.1 Å². The number of carbonyl (C=O) groups is 1. The molecule has 1 atom stereocenters. The maximum atomic E-state index is 11.1. The molecular formula is C12H19N3O3. The largest absolute Gasteiger partial charge is 0.464 e. The van der Waals surface area contributed by atoms with Gasteiger partial charge in [-0.2, -0.15) is 0 Å². The Hall–Kier alpha value is -1.69. The monoisotopic (exact) mass is 253 g/mol. The van der Waals surface area contributed by atoms with Crippen molar-refractivity contribution < 1.29 is 14.6 Å². The summed E-state index contributed by atoms with van der Waals surface area (Å²) in [5, 5.41) is 13.0. The molecule has 0 spiro atoms. The Labute approximate surface area is 106 Å². The number of ether oxygens (including phenoxy) is 1. The molecule has 2 N–H and O–H groups in total. The summed E-state index contributed by atoms with van der Waals surface area (Å²) in [6.07, 6.45) is 4.38. The van der Waals surface area contributed by atoms with Gasteiger partial charge in [-0.15, -0.1) is 0 Å². The number of methoxy groups -OCH3 is 1. The molecule has 1 rings (SSSR count). The molecule has 18 heavy (non-hydrogen) atoms. The number of carbonyl (C=O) groups excluding carboxylic acids is 1. The average Bonchev–Trinajstić information content (AvgIpc) is 2.36. The molecule has 1 aromatic heterocycles. The number of esters is 1. The number of rotatable bonds is 6. The molecule has 1 aromatic rings. The fourth-order valence-corrected chi connectivity index (χ4v) is 1.54. The van der Waals surface area contributed by atoms with Crippen molar-refractivity contribution in [1.29, 1.82) is 0 Å². The highest BCUT2D eigenvalue weighted by Crippen LogP contribution is 2.12. The van der Waals surface area contributed by atoms with E-state index in [-0.39, 0.29) is 5.69 Å². The number of nitrogens with one attached hydrogen (secondary N) is 1. The Morgan fingerprint density at radius 2 is 2.22 bits per heavy atom. The van der Waals surface area contributed by atoms with E-state index in [4.69, 9.17) is 0 Å². The van der Waals surface area contributed by atoms with Gasteiger partial charge in [0.05, 0.1) is 25.1 Å². The predicted octanol–water partition coefficient (Wildman–Crippen LogP) is 1.23. The maximum Gasteiger partial charge on any atom is 0.358 e. The van der Waals surface area contributed by atoms with Crippen molar-refractivity contribution in [3.63, 3.8) is 0 Å². The number of anilines is 1. The second-order valence-corrected chi connectivity index (χ2v) is 4.38. The van der Waals surface area contributed by atoms with Gasteiger partial charge in [0.25, 0.3) is 0 Å². The molecular weight excluding hydrogens is 234 g/mol. The van der Waals surface area contributed by atoms with Gasteiger partial charge in [0.1, 0.15) is 5.82 Å². The third-order valence-electron chi connectivity index (χ3n) is 2.49. The minimum atomic E-state index is -0.780. The molecule has 0 bridgehead atoms. The molecule has 0 aliphatic heterocycles. The van der Waals surface area contributed by atoms with Crippen molar-refractivity contribution in [3.8, 4) is 0 Å². The molecule has 0 saturated heterocycles. The Kier molecular flexibility index (Phi) is 5.03. The lowest BCUT2D eigenvalue weighted by atomic mass is 10.0. The van der Waals surface area contributed by atoms with Gasteiger partial charge in [-0.3, -0.25) is 0 Å². The first-order valence-electron chi connectivity index (χ1n) is 5.85. The zero-order chi connectivity index (χ0) is 13.6. The fourth-order valence-electron chi connectivity index (χ4n) is 1.54. The van der Waals surface area contributed by atoms with Crippen LogP contribution in [-0.2, 0) is 4.74 Å². The van der Waals surface area contributed by atoms with Gasteiger partial charge in [0, 0.05) is 6.54 Å². The van der Waals surface area contributed by atoms with Crippen molar-refractivity contribution in [2.45, 2.75) is 32.3 Å². The third kappa shape index (κ3) is 4.29. The minimum Gasteiger partial charge on any atom is -0.464 e. The van der Waals surface area contributed by atoms with E-state index in [2.05, 4.69) is 20.0 Å². The zero-order valence-electron chi connectivity index (χ0n) is 10.9. The zero-order valence-corrected chi connectivity index (χ0v) is 10.9. The number of hydrogen-bond donors (Lipinski definition) is 2. The third-order valence-corrected chi connectivity index (χ3v) is 2.49. The summed E-state index contributed by atoms with van der Waals surface area (Å²) in [7, 11) is 1.29. The Bertz CT molecular complexity index is 390. The normalized spacial score (nSPS) is 13.8. The van der Waals surface area contributed by atoms with Crippen LogP contribution in [0.2, 0.25) is 0 Å². The molecule has 0 saturated carbocycles. The highest BCUT2D eigenvalue weighted by Gasteiger charge is 2.18. The molecule has 0 amide bonds. The molecule has 6 heteroatoms. The maximum absolute atomic E-state index is 11.1. The van der Waals surface area contributed by atoms with Crippen LogP contribution >= 0.6 is 0 Å². The molecule has 0 fully saturated rings. The van der Waals surface area contributed by atoms with E-state index in [1.165, 1.54) is 19.5 Å². The Morgan fingerprint density at radius 3 is 2.72 bits per heavy atom. The van der Waals surface area contributed by atoms with Crippen LogP contribution in [0.1, 0.15) is 37.2 Å². The summed E-state index contributed by atoms with van der Waals surface area (Å²) in [6, 6.07) is 0. The van der Waals surface area contributed by atoms with Gasteiger partial charge in [-0.05, 0) is 13.3 Å². The van der Waals surface area contributed by atoms with Gasteiger partial charge in [0.2, 0.25) is 0 Å². The van der Waals surface area contributed by atoms with Gasteiger partial charge < -0.3 is 15.2 Å². The van der Waals surface area contributed by atoms with Crippen molar-refractivity contribution in [2.75, 3.05) is 19.0 Å². The van der Waals surface area contributed by atoms with Crippen LogP contribution in [0.25, 0.3) is 0 Å². The molecule has 100 valence electrons. The van der Waals surface area contributed by atoms with Gasteiger partial charge >= 0.3 is 5.97 Å². The van der Waals surface area contributed by atoms with Crippen molar-refractivity contribution in [2.24, 2.45) is 0 Å². The lowest BCUT2D eigenvalue weighted by Crippen LogP contribution is -2.33. The second kappa shape index (κ2) is 6.30. The minimum absolute atomic E-state index is 0.156. The van der Waals surface area contributed by atoms with Gasteiger partial charge in [-0.1, -0.05) is 13.3 Å². The summed E-state index contributed by atoms with van der Waals surface area (Å²) < 4.78 is 4.52. The molecule has 0 aliphatic rings. The molecule has 0 radical (unpaired) electrons. The van der Waals surface area contributed by atoms with Crippen LogP contribution in [0.15, 0.2) is 12.4 Å². The lowest BCUT2D eigenvalue weighted by Gasteiger charge is -2.23. The van der Waals surface area contributed by atoms with E-state index in [0.29, 0.717) is 18.8 Å². The summed E-state index contributed by atoms with van der Waals surface area (Å²) in [5.74, 6) is -0.00828. The predicted molar refractivity (Wildman–Crippen MR) is 67.4 cm³/mol. The lowest BCUT2D eigenvalue weighted by molar-refractivity contribution is 0.0591. The van der Waals surface area contributed by atoms with Gasteiger partial charge in [0.15, 0.2) is 5.69 Å². The quantitative estimate of drug-likeness (QED) is 0.742. The van der Waals surface area contributed by atoms with Crippen LogP contribution in [0, 0.1) is 0 Å². The summed E-state index contributed by atoms with van der Waals surface area (Å²) in [6.45, 7) is 4.16. The first-order chi connectivity index (χ1) is 8.48. The van der Waals surface area contributed by atoms with E-state index in [1.807, 2.05) is 6.92 Å². The Morgan fingerprint density at radius 1 is 1.50 bits per heavy atom. The van der Waals surface area contributed by atoms with Crippen LogP contribution < -0.4 is 5.32 Å². The number of aromatic nitrogens is 2. The molecule has 0 aromatic carbocycles. The van der Waals surface area contributed by atoms with E-state index in [0.717, 1.165) is 6.42 Å². The van der Waals surface area contributed by atoms with Crippen LogP contribution in [-0.4, -0.2) is 40.3 Å². The average molecular weight is 253 g/mol. The van der Waals surface area contributed by atoms with Crippen LogP contribution in [0.5, 0.6) is 0 Å². The van der Waals surface area contributed by atoms with Crippen LogP contribution in [0.3, 0.4) is 0 Å².